The van der Waals surface area contributed by atoms with Crippen molar-refractivity contribution in [2.45, 2.75) is 32.5 Å². The Morgan fingerprint density at radius 2 is 2.16 bits per heavy atom. The molecule has 2 aromatic heterocycles. The van der Waals surface area contributed by atoms with Crippen molar-refractivity contribution in [3.05, 3.63) is 28.7 Å². The molecule has 0 N–H and O–H groups in total. The van der Waals surface area contributed by atoms with Crippen molar-refractivity contribution in [3.8, 4) is 0 Å². The van der Waals surface area contributed by atoms with E-state index in [4.69, 9.17) is 0 Å². The van der Waals surface area contributed by atoms with Gasteiger partial charge in [0.25, 0.3) is 0 Å². The Labute approximate surface area is 115 Å². The van der Waals surface area contributed by atoms with Crippen LogP contribution < -0.4 is 0 Å². The zero-order chi connectivity index (χ0) is 13.4. The average Bonchev–Trinajstić information content (AvgIpc) is 2.99. The van der Waals surface area contributed by atoms with Gasteiger partial charge in [0, 0.05) is 23.2 Å². The van der Waals surface area contributed by atoms with Crippen molar-refractivity contribution in [1.82, 2.24) is 24.7 Å². The van der Waals surface area contributed by atoms with E-state index >= 15 is 0 Å². The lowest BCUT2D eigenvalue weighted by Gasteiger charge is -2.12. The number of allylic oxidation sites excluding steroid dienone is 1. The van der Waals surface area contributed by atoms with Gasteiger partial charge in [-0.3, -0.25) is 4.68 Å². The number of hydrogen-bond donors (Lipinski definition) is 0. The number of aromatic nitrogens is 5. The summed E-state index contributed by atoms with van der Waals surface area (Å²) in [7, 11) is 0. The Bertz CT molecular complexity index is 678. The van der Waals surface area contributed by atoms with Gasteiger partial charge < -0.3 is 0 Å². The molecular formula is C12H14N6S. The van der Waals surface area contributed by atoms with Crippen LogP contribution in [0.4, 0.5) is 0 Å². The molecule has 1 aliphatic heterocycles. The van der Waals surface area contributed by atoms with Crippen LogP contribution in [0.3, 0.4) is 0 Å². The van der Waals surface area contributed by atoms with Gasteiger partial charge >= 0.3 is 0 Å². The summed E-state index contributed by atoms with van der Waals surface area (Å²) in [5.41, 5.74) is 2.04. The molecular weight excluding hydrogens is 260 g/mol. The monoisotopic (exact) mass is 274 g/mol. The van der Waals surface area contributed by atoms with Crippen LogP contribution in [-0.4, -0.2) is 30.4 Å². The zero-order valence-corrected chi connectivity index (χ0v) is 11.8. The highest BCUT2D eigenvalue weighted by Crippen LogP contribution is 2.32. The Morgan fingerprint density at radius 1 is 1.32 bits per heavy atom. The maximum absolute atomic E-state index is 4.50. The van der Waals surface area contributed by atoms with Crippen LogP contribution in [0.1, 0.15) is 25.2 Å². The minimum Gasteiger partial charge on any atom is -0.272 e. The second-order valence-corrected chi connectivity index (χ2v) is 5.28. The first-order valence-electron chi connectivity index (χ1n) is 6.07. The number of thioether (sulfide) groups is 1. The fraction of sp³-hybridized carbons (Fsp3) is 0.333. The second kappa shape index (κ2) is 4.65. The molecule has 0 spiro atoms. The molecule has 3 heterocycles. The van der Waals surface area contributed by atoms with E-state index in [1.165, 1.54) is 0 Å². The SMILES string of the molecule is CCn1cc(C=C2Sc3nnc(C)n3N=C2C)cn1. The van der Waals surface area contributed by atoms with Crippen LogP contribution in [0.5, 0.6) is 0 Å². The van der Waals surface area contributed by atoms with Crippen LogP contribution in [0, 0.1) is 6.92 Å². The lowest BCUT2D eigenvalue weighted by atomic mass is 10.3. The summed E-state index contributed by atoms with van der Waals surface area (Å²) in [5.74, 6) is 0.805. The maximum atomic E-state index is 4.50. The van der Waals surface area contributed by atoms with E-state index in [1.54, 1.807) is 16.4 Å². The molecule has 0 saturated heterocycles. The quantitative estimate of drug-likeness (QED) is 0.842. The van der Waals surface area contributed by atoms with E-state index in [2.05, 4.69) is 33.4 Å². The first-order chi connectivity index (χ1) is 9.17. The summed E-state index contributed by atoms with van der Waals surface area (Å²) in [4.78, 5) is 1.08. The number of fused-ring (bicyclic) bond motifs is 1. The van der Waals surface area contributed by atoms with Gasteiger partial charge in [-0.1, -0.05) is 0 Å². The summed E-state index contributed by atoms with van der Waals surface area (Å²) in [6.45, 7) is 6.83. The van der Waals surface area contributed by atoms with Crippen LogP contribution in [-0.2, 0) is 6.54 Å². The number of rotatable bonds is 2. The Balaban J connectivity index is 1.95. The standard InChI is InChI=1S/C12H14N6S/c1-4-17-7-10(6-13-17)5-11-8(2)16-18-9(3)14-15-12(18)19-11/h5-7H,4H2,1-3H3. The Morgan fingerprint density at radius 3 is 2.89 bits per heavy atom. The first kappa shape index (κ1) is 12.2. The Kier molecular flexibility index (Phi) is 2.98. The van der Waals surface area contributed by atoms with Gasteiger partial charge in [0.1, 0.15) is 0 Å². The predicted molar refractivity (Wildman–Crippen MR) is 75.0 cm³/mol. The zero-order valence-electron chi connectivity index (χ0n) is 11.0. The molecule has 7 heteroatoms. The molecule has 0 aliphatic carbocycles. The van der Waals surface area contributed by atoms with E-state index in [1.807, 2.05) is 30.9 Å². The predicted octanol–water partition coefficient (Wildman–Crippen LogP) is 2.17. The van der Waals surface area contributed by atoms with Gasteiger partial charge in [0.05, 0.1) is 11.9 Å². The van der Waals surface area contributed by atoms with Crippen LogP contribution in [0.15, 0.2) is 27.6 Å². The van der Waals surface area contributed by atoms with E-state index < -0.39 is 0 Å². The first-order valence-corrected chi connectivity index (χ1v) is 6.89. The summed E-state index contributed by atoms with van der Waals surface area (Å²) in [5, 5.41) is 17.7. The topological polar surface area (TPSA) is 60.9 Å². The molecule has 0 unspecified atom stereocenters. The molecule has 0 saturated carbocycles. The van der Waals surface area contributed by atoms with Gasteiger partial charge in [0.15, 0.2) is 5.82 Å². The van der Waals surface area contributed by atoms with E-state index in [0.717, 1.165) is 33.7 Å². The average molecular weight is 274 g/mol. The van der Waals surface area contributed by atoms with Gasteiger partial charge in [0.2, 0.25) is 5.16 Å². The highest BCUT2D eigenvalue weighted by atomic mass is 32.2. The van der Waals surface area contributed by atoms with Crippen molar-refractivity contribution >= 4 is 23.5 Å². The lowest BCUT2D eigenvalue weighted by molar-refractivity contribution is 0.660. The molecule has 0 aromatic carbocycles. The Hall–Kier alpha value is -1.89. The molecule has 0 amide bonds. The molecule has 98 valence electrons. The largest absolute Gasteiger partial charge is 0.272 e. The van der Waals surface area contributed by atoms with Crippen LogP contribution in [0.2, 0.25) is 0 Å². The normalized spacial score (nSPS) is 16.6. The number of nitrogens with zero attached hydrogens (tertiary/aromatic N) is 6. The molecule has 0 fully saturated rings. The number of hydrogen-bond acceptors (Lipinski definition) is 5. The van der Waals surface area contributed by atoms with E-state index in [-0.39, 0.29) is 0 Å². The number of aryl methyl sites for hydroxylation is 2. The summed E-state index contributed by atoms with van der Waals surface area (Å²) >= 11 is 1.58. The molecule has 1 aliphatic rings. The fourth-order valence-corrected chi connectivity index (χ4v) is 2.72. The molecule has 3 rings (SSSR count). The van der Waals surface area contributed by atoms with Crippen molar-refractivity contribution < 1.29 is 0 Å². The third-order valence-corrected chi connectivity index (χ3v) is 3.92. The van der Waals surface area contributed by atoms with Crippen molar-refractivity contribution in [3.63, 3.8) is 0 Å². The summed E-state index contributed by atoms with van der Waals surface area (Å²) < 4.78 is 3.67. The van der Waals surface area contributed by atoms with Crippen molar-refractivity contribution in [1.29, 1.82) is 0 Å². The van der Waals surface area contributed by atoms with Gasteiger partial charge in [-0.05, 0) is 38.6 Å². The van der Waals surface area contributed by atoms with E-state index in [9.17, 15) is 0 Å². The van der Waals surface area contributed by atoms with Crippen LogP contribution in [0.25, 0.3) is 6.08 Å². The smallest absolute Gasteiger partial charge is 0.216 e. The maximum Gasteiger partial charge on any atom is 0.216 e. The lowest BCUT2D eigenvalue weighted by Crippen LogP contribution is -2.07. The van der Waals surface area contributed by atoms with E-state index in [0.29, 0.717) is 0 Å². The fourth-order valence-electron chi connectivity index (χ4n) is 1.80. The molecule has 0 bridgehead atoms. The second-order valence-electron chi connectivity index (χ2n) is 4.27. The molecule has 19 heavy (non-hydrogen) atoms. The van der Waals surface area contributed by atoms with Gasteiger partial charge in [-0.25, -0.2) is 0 Å². The third kappa shape index (κ3) is 2.21. The molecule has 2 aromatic rings. The minimum absolute atomic E-state index is 0.803. The van der Waals surface area contributed by atoms with Crippen molar-refractivity contribution in [2.75, 3.05) is 0 Å². The minimum atomic E-state index is 0.803. The van der Waals surface area contributed by atoms with Crippen LogP contribution >= 0.6 is 11.8 Å². The summed E-state index contributed by atoms with van der Waals surface area (Å²) in [6, 6.07) is 0. The highest BCUT2D eigenvalue weighted by Gasteiger charge is 2.19. The summed E-state index contributed by atoms with van der Waals surface area (Å²) in [6.07, 6.45) is 5.95. The van der Waals surface area contributed by atoms with Crippen molar-refractivity contribution in [2.24, 2.45) is 5.10 Å². The third-order valence-electron chi connectivity index (χ3n) is 2.85. The highest BCUT2D eigenvalue weighted by molar-refractivity contribution is 8.04. The molecule has 0 radical (unpaired) electrons. The molecule has 0 atom stereocenters. The van der Waals surface area contributed by atoms with Gasteiger partial charge in [-0.15, -0.1) is 10.2 Å². The molecule has 6 nitrogen and oxygen atoms in total. The van der Waals surface area contributed by atoms with Gasteiger partial charge in [-0.2, -0.15) is 14.9 Å².